The second-order valence-electron chi connectivity index (χ2n) is 4.34. The van der Waals surface area contributed by atoms with Crippen molar-refractivity contribution in [2.45, 2.75) is 16.5 Å². The number of rotatable bonds is 7. The van der Waals surface area contributed by atoms with Crippen LogP contribution in [-0.4, -0.2) is 25.2 Å². The average Bonchev–Trinajstić information content (AvgIpc) is 2.48. The molecule has 0 fully saturated rings. The highest BCUT2D eigenvalue weighted by atomic mass is 35.5. The zero-order chi connectivity index (χ0) is 15.1. The lowest BCUT2D eigenvalue weighted by Crippen LogP contribution is -2.18. The van der Waals surface area contributed by atoms with E-state index in [1.165, 1.54) is 0 Å². The molecule has 0 saturated carbocycles. The Kier molecular flexibility index (Phi) is 6.80. The van der Waals surface area contributed by atoms with Crippen LogP contribution >= 0.6 is 35.0 Å². The number of nitrogens with one attached hydrogen (secondary N) is 1. The number of hydrogen-bond donors (Lipinski definition) is 1. The minimum absolute atomic E-state index is 0.636. The van der Waals surface area contributed by atoms with E-state index in [4.69, 9.17) is 27.9 Å². The van der Waals surface area contributed by atoms with E-state index in [-0.39, 0.29) is 0 Å². The Balaban J connectivity index is 2.08. The molecule has 0 aliphatic rings. The largest absolute Gasteiger partial charge is 0.383 e. The van der Waals surface area contributed by atoms with Crippen LogP contribution in [0.25, 0.3) is 0 Å². The molecule has 3 nitrogen and oxygen atoms in total. The summed E-state index contributed by atoms with van der Waals surface area (Å²) in [4.78, 5) is 5.43. The molecule has 2 aromatic rings. The molecule has 112 valence electrons. The van der Waals surface area contributed by atoms with Crippen molar-refractivity contribution in [2.24, 2.45) is 0 Å². The van der Waals surface area contributed by atoms with Gasteiger partial charge in [-0.1, -0.05) is 35.0 Å². The number of halogens is 2. The maximum absolute atomic E-state index is 6.09. The molecule has 0 aliphatic carbocycles. The smallest absolute Gasteiger partial charge is 0.101 e. The first-order valence-corrected chi connectivity index (χ1v) is 8.04. The fourth-order valence-electron chi connectivity index (χ4n) is 1.72. The first-order chi connectivity index (χ1) is 10.2. The van der Waals surface area contributed by atoms with Crippen molar-refractivity contribution >= 4 is 35.0 Å². The Labute approximate surface area is 139 Å². The normalized spacial score (nSPS) is 10.8. The molecule has 0 bridgehead atoms. The van der Waals surface area contributed by atoms with E-state index in [1.54, 1.807) is 25.1 Å². The zero-order valence-electron chi connectivity index (χ0n) is 11.6. The zero-order valence-corrected chi connectivity index (χ0v) is 13.9. The van der Waals surface area contributed by atoms with Crippen LogP contribution in [0.15, 0.2) is 46.5 Å². The molecule has 0 saturated heterocycles. The predicted molar refractivity (Wildman–Crippen MR) is 88.4 cm³/mol. The van der Waals surface area contributed by atoms with E-state index in [1.807, 2.05) is 30.3 Å². The molecular formula is C15H16Cl2N2OS. The second-order valence-corrected chi connectivity index (χ2v) is 6.27. The molecule has 0 aliphatic heterocycles. The van der Waals surface area contributed by atoms with Gasteiger partial charge in [0.1, 0.15) is 5.03 Å². The van der Waals surface area contributed by atoms with Crippen LogP contribution in [0.3, 0.4) is 0 Å². The molecule has 0 atom stereocenters. The number of benzene rings is 1. The van der Waals surface area contributed by atoms with Gasteiger partial charge in [-0.25, -0.2) is 4.98 Å². The molecular weight excluding hydrogens is 327 g/mol. The Morgan fingerprint density at radius 3 is 2.71 bits per heavy atom. The number of methoxy groups -OCH3 is 1. The van der Waals surface area contributed by atoms with Gasteiger partial charge in [0, 0.05) is 36.3 Å². The van der Waals surface area contributed by atoms with Crippen LogP contribution in [0.2, 0.25) is 10.0 Å². The van der Waals surface area contributed by atoms with Gasteiger partial charge in [-0.15, -0.1) is 0 Å². The van der Waals surface area contributed by atoms with E-state index in [0.717, 1.165) is 33.6 Å². The van der Waals surface area contributed by atoms with Crippen LogP contribution < -0.4 is 5.32 Å². The molecule has 1 aromatic heterocycles. The van der Waals surface area contributed by atoms with E-state index in [2.05, 4.69) is 10.3 Å². The summed E-state index contributed by atoms with van der Waals surface area (Å²) in [7, 11) is 1.69. The highest BCUT2D eigenvalue weighted by Gasteiger charge is 2.06. The summed E-state index contributed by atoms with van der Waals surface area (Å²) in [6, 6.07) is 9.61. The van der Waals surface area contributed by atoms with Gasteiger partial charge in [0.25, 0.3) is 0 Å². The standard InChI is InChI=1S/C15H16Cl2N2OS/c1-20-7-6-18-9-11-8-12(16)2-4-14(11)21-15-5-3-13(17)10-19-15/h2-5,8,10,18H,6-7,9H2,1H3. The molecule has 21 heavy (non-hydrogen) atoms. The molecule has 1 N–H and O–H groups in total. The number of pyridine rings is 1. The Hall–Kier alpha value is -0.780. The molecule has 0 amide bonds. The van der Waals surface area contributed by atoms with Gasteiger partial charge in [0.15, 0.2) is 0 Å². The Morgan fingerprint density at radius 2 is 2.00 bits per heavy atom. The van der Waals surface area contributed by atoms with E-state index in [0.29, 0.717) is 11.6 Å². The van der Waals surface area contributed by atoms with Crippen LogP contribution in [0.1, 0.15) is 5.56 Å². The highest BCUT2D eigenvalue weighted by molar-refractivity contribution is 7.99. The number of hydrogen-bond acceptors (Lipinski definition) is 4. The SMILES string of the molecule is COCCNCc1cc(Cl)ccc1Sc1ccc(Cl)cn1. The van der Waals surface area contributed by atoms with E-state index >= 15 is 0 Å². The van der Waals surface area contributed by atoms with Crippen LogP contribution in [0, 0.1) is 0 Å². The van der Waals surface area contributed by atoms with E-state index < -0.39 is 0 Å². The Bertz CT molecular complexity index is 578. The van der Waals surface area contributed by atoms with Crippen LogP contribution in [0.4, 0.5) is 0 Å². The maximum Gasteiger partial charge on any atom is 0.101 e. The second kappa shape index (κ2) is 8.61. The number of ether oxygens (including phenoxy) is 1. The van der Waals surface area contributed by atoms with Gasteiger partial charge >= 0.3 is 0 Å². The number of nitrogens with zero attached hydrogens (tertiary/aromatic N) is 1. The first kappa shape index (κ1) is 16.6. The highest BCUT2D eigenvalue weighted by Crippen LogP contribution is 2.31. The monoisotopic (exact) mass is 342 g/mol. The fourth-order valence-corrected chi connectivity index (χ4v) is 2.89. The van der Waals surface area contributed by atoms with Gasteiger partial charge in [-0.2, -0.15) is 0 Å². The third-order valence-corrected chi connectivity index (χ3v) is 4.26. The molecule has 0 radical (unpaired) electrons. The minimum Gasteiger partial charge on any atom is -0.383 e. The van der Waals surface area contributed by atoms with Crippen LogP contribution in [-0.2, 0) is 11.3 Å². The van der Waals surface area contributed by atoms with Crippen molar-refractivity contribution in [3.63, 3.8) is 0 Å². The minimum atomic E-state index is 0.636. The fraction of sp³-hybridized carbons (Fsp3) is 0.267. The summed E-state index contributed by atoms with van der Waals surface area (Å²) in [6.45, 7) is 2.22. The molecule has 0 spiro atoms. The van der Waals surface area contributed by atoms with Gasteiger partial charge in [-0.3, -0.25) is 0 Å². The van der Waals surface area contributed by atoms with Crippen molar-refractivity contribution in [2.75, 3.05) is 20.3 Å². The van der Waals surface area contributed by atoms with Crippen molar-refractivity contribution in [3.05, 3.63) is 52.1 Å². The van der Waals surface area contributed by atoms with Gasteiger partial charge in [0.2, 0.25) is 0 Å². The summed E-state index contributed by atoms with van der Waals surface area (Å²) >= 11 is 13.5. The van der Waals surface area contributed by atoms with Crippen molar-refractivity contribution in [1.29, 1.82) is 0 Å². The Morgan fingerprint density at radius 1 is 1.19 bits per heavy atom. The summed E-state index contributed by atoms with van der Waals surface area (Å²) in [5, 5.41) is 5.59. The van der Waals surface area contributed by atoms with Crippen molar-refractivity contribution in [1.82, 2.24) is 10.3 Å². The molecule has 6 heteroatoms. The average molecular weight is 343 g/mol. The van der Waals surface area contributed by atoms with Crippen molar-refractivity contribution in [3.8, 4) is 0 Å². The van der Waals surface area contributed by atoms with Crippen LogP contribution in [0.5, 0.6) is 0 Å². The van der Waals surface area contributed by atoms with Crippen molar-refractivity contribution < 1.29 is 4.74 Å². The van der Waals surface area contributed by atoms with Gasteiger partial charge in [-0.05, 0) is 35.9 Å². The third kappa shape index (κ3) is 5.49. The summed E-state index contributed by atoms with van der Waals surface area (Å²) in [6.07, 6.45) is 1.65. The molecule has 2 rings (SSSR count). The maximum atomic E-state index is 6.09. The molecule has 0 unspecified atom stereocenters. The molecule has 1 heterocycles. The topological polar surface area (TPSA) is 34.1 Å². The quantitative estimate of drug-likeness (QED) is 0.761. The predicted octanol–water partition coefficient (Wildman–Crippen LogP) is 4.28. The van der Waals surface area contributed by atoms with E-state index in [9.17, 15) is 0 Å². The molecule has 1 aromatic carbocycles. The van der Waals surface area contributed by atoms with Gasteiger partial charge < -0.3 is 10.1 Å². The first-order valence-electron chi connectivity index (χ1n) is 6.46. The van der Waals surface area contributed by atoms with Gasteiger partial charge in [0.05, 0.1) is 11.6 Å². The summed E-state index contributed by atoms with van der Waals surface area (Å²) in [5.41, 5.74) is 1.14. The lowest BCUT2D eigenvalue weighted by molar-refractivity contribution is 0.199. The summed E-state index contributed by atoms with van der Waals surface area (Å²) in [5.74, 6) is 0. The third-order valence-electron chi connectivity index (χ3n) is 2.74. The summed E-state index contributed by atoms with van der Waals surface area (Å²) < 4.78 is 5.02. The lowest BCUT2D eigenvalue weighted by Gasteiger charge is -2.10. The number of aromatic nitrogens is 1. The lowest BCUT2D eigenvalue weighted by atomic mass is 10.2.